The van der Waals surface area contributed by atoms with Gasteiger partial charge in [0.15, 0.2) is 0 Å². The molecule has 136 valence electrons. The van der Waals surface area contributed by atoms with Crippen LogP contribution >= 0.6 is 0 Å². The van der Waals surface area contributed by atoms with E-state index >= 15 is 0 Å². The summed E-state index contributed by atoms with van der Waals surface area (Å²) in [5.41, 5.74) is 0.0937. The number of nitrogens with zero attached hydrogens (tertiary/aromatic N) is 1. The van der Waals surface area contributed by atoms with Crippen molar-refractivity contribution in [2.24, 2.45) is 5.92 Å². The summed E-state index contributed by atoms with van der Waals surface area (Å²) in [5.74, 6) is -1.33. The van der Waals surface area contributed by atoms with E-state index in [1.807, 2.05) is 37.3 Å². The Hall–Kier alpha value is -2.37. The smallest absolute Gasteiger partial charge is 0.417 e. The molecule has 2 atom stereocenters. The highest BCUT2D eigenvalue weighted by Gasteiger charge is 2.48. The van der Waals surface area contributed by atoms with Gasteiger partial charge >= 0.3 is 12.1 Å². The van der Waals surface area contributed by atoms with Gasteiger partial charge in [0.25, 0.3) is 0 Å². The van der Waals surface area contributed by atoms with Crippen LogP contribution in [0.3, 0.4) is 0 Å². The molecule has 6 nitrogen and oxygen atoms in total. The maximum Gasteiger partial charge on any atom is 0.417 e. The molecular formula is C19H25NO5. The van der Waals surface area contributed by atoms with E-state index in [1.54, 1.807) is 20.8 Å². The van der Waals surface area contributed by atoms with Crippen LogP contribution in [-0.4, -0.2) is 34.5 Å². The van der Waals surface area contributed by atoms with Crippen LogP contribution < -0.4 is 0 Å². The first kappa shape index (κ1) is 19.0. The molecule has 1 heterocycles. The van der Waals surface area contributed by atoms with Gasteiger partial charge in [0.2, 0.25) is 5.91 Å². The normalized spacial score (nSPS) is 20.5. The number of esters is 1. The number of hydrogen-bond acceptors (Lipinski definition) is 5. The topological polar surface area (TPSA) is 72.9 Å². The van der Waals surface area contributed by atoms with E-state index in [2.05, 4.69) is 0 Å². The zero-order chi connectivity index (χ0) is 18.6. The van der Waals surface area contributed by atoms with Gasteiger partial charge in [-0.05, 0) is 39.2 Å². The third-order valence-corrected chi connectivity index (χ3v) is 3.99. The molecule has 1 aromatic rings. The lowest BCUT2D eigenvalue weighted by molar-refractivity contribution is -0.152. The van der Waals surface area contributed by atoms with Crippen LogP contribution in [0.15, 0.2) is 30.3 Å². The molecule has 1 fully saturated rings. The number of hydrogen-bond donors (Lipinski definition) is 0. The van der Waals surface area contributed by atoms with E-state index in [1.165, 1.54) is 0 Å². The van der Waals surface area contributed by atoms with Crippen molar-refractivity contribution in [1.82, 2.24) is 4.90 Å². The van der Waals surface area contributed by atoms with Gasteiger partial charge in [-0.2, -0.15) is 0 Å². The SMILES string of the molecule is CC[C@H]1C[C@@H](C(=O)OCc2ccccc2)N(C(=O)OC(C)(C)C)C1=O. The van der Waals surface area contributed by atoms with E-state index in [0.717, 1.165) is 10.5 Å². The second-order valence-corrected chi connectivity index (χ2v) is 7.14. The Morgan fingerprint density at radius 1 is 1.20 bits per heavy atom. The maximum absolute atomic E-state index is 12.5. The maximum atomic E-state index is 12.5. The van der Waals surface area contributed by atoms with Crippen LogP contribution in [0.5, 0.6) is 0 Å². The Kier molecular flexibility index (Phi) is 5.82. The number of carbonyl (C=O) groups excluding carboxylic acids is 3. The molecule has 0 bridgehead atoms. The van der Waals surface area contributed by atoms with Crippen LogP contribution in [0.25, 0.3) is 0 Å². The number of benzene rings is 1. The van der Waals surface area contributed by atoms with E-state index in [-0.39, 0.29) is 24.9 Å². The molecule has 0 aliphatic carbocycles. The number of rotatable bonds is 4. The first-order chi connectivity index (χ1) is 11.7. The van der Waals surface area contributed by atoms with Crippen molar-refractivity contribution in [2.45, 2.75) is 58.8 Å². The van der Waals surface area contributed by atoms with Crippen molar-refractivity contribution in [3.63, 3.8) is 0 Å². The number of amides is 2. The minimum Gasteiger partial charge on any atom is -0.459 e. The Morgan fingerprint density at radius 2 is 1.84 bits per heavy atom. The summed E-state index contributed by atoms with van der Waals surface area (Å²) in [6.07, 6.45) is 0.0260. The van der Waals surface area contributed by atoms with Crippen molar-refractivity contribution >= 4 is 18.0 Å². The Labute approximate surface area is 148 Å². The van der Waals surface area contributed by atoms with Crippen LogP contribution in [-0.2, 0) is 25.7 Å². The molecule has 2 rings (SSSR count). The molecule has 0 aromatic heterocycles. The summed E-state index contributed by atoms with van der Waals surface area (Å²) in [6, 6.07) is 8.32. The summed E-state index contributed by atoms with van der Waals surface area (Å²) in [4.78, 5) is 38.3. The van der Waals surface area contributed by atoms with Crippen molar-refractivity contribution in [3.8, 4) is 0 Å². The molecule has 0 spiro atoms. The predicted octanol–water partition coefficient (Wildman–Crippen LogP) is 3.29. The van der Waals surface area contributed by atoms with Crippen molar-refractivity contribution in [1.29, 1.82) is 0 Å². The van der Waals surface area contributed by atoms with Crippen molar-refractivity contribution in [2.75, 3.05) is 0 Å². The lowest BCUT2D eigenvalue weighted by Gasteiger charge is -2.26. The van der Waals surface area contributed by atoms with Gasteiger partial charge < -0.3 is 9.47 Å². The van der Waals surface area contributed by atoms with E-state index in [0.29, 0.717) is 6.42 Å². The van der Waals surface area contributed by atoms with Gasteiger partial charge in [-0.25, -0.2) is 14.5 Å². The fourth-order valence-electron chi connectivity index (χ4n) is 2.72. The number of carbonyl (C=O) groups is 3. The summed E-state index contributed by atoms with van der Waals surface area (Å²) in [5, 5.41) is 0. The minimum absolute atomic E-state index is 0.101. The summed E-state index contributed by atoms with van der Waals surface area (Å²) < 4.78 is 10.6. The molecule has 0 N–H and O–H groups in total. The quantitative estimate of drug-likeness (QED) is 0.782. The second-order valence-electron chi connectivity index (χ2n) is 7.14. The molecule has 1 aliphatic rings. The zero-order valence-corrected chi connectivity index (χ0v) is 15.2. The Morgan fingerprint density at radius 3 is 2.40 bits per heavy atom. The highest BCUT2D eigenvalue weighted by atomic mass is 16.6. The molecule has 25 heavy (non-hydrogen) atoms. The van der Waals surface area contributed by atoms with Crippen LogP contribution in [0.4, 0.5) is 4.79 Å². The molecular weight excluding hydrogens is 322 g/mol. The largest absolute Gasteiger partial charge is 0.459 e. The Bertz CT molecular complexity index is 635. The number of likely N-dealkylation sites (tertiary alicyclic amines) is 1. The minimum atomic E-state index is -0.934. The van der Waals surface area contributed by atoms with Crippen molar-refractivity contribution < 1.29 is 23.9 Å². The average molecular weight is 347 g/mol. The fraction of sp³-hybridized carbons (Fsp3) is 0.526. The highest BCUT2D eigenvalue weighted by molar-refractivity contribution is 6.00. The van der Waals surface area contributed by atoms with Gasteiger partial charge in [0.1, 0.15) is 18.2 Å². The first-order valence-corrected chi connectivity index (χ1v) is 8.49. The second kappa shape index (κ2) is 7.68. The van der Waals surface area contributed by atoms with Crippen LogP contribution in [0.1, 0.15) is 46.1 Å². The molecule has 1 saturated heterocycles. The molecule has 1 aromatic carbocycles. The van der Waals surface area contributed by atoms with Gasteiger partial charge in [0.05, 0.1) is 0 Å². The lowest BCUT2D eigenvalue weighted by atomic mass is 10.0. The molecule has 0 saturated carbocycles. The van der Waals surface area contributed by atoms with Gasteiger partial charge in [-0.3, -0.25) is 4.79 Å². The predicted molar refractivity (Wildman–Crippen MR) is 91.5 cm³/mol. The van der Waals surface area contributed by atoms with Crippen molar-refractivity contribution in [3.05, 3.63) is 35.9 Å². The molecule has 0 unspecified atom stereocenters. The number of ether oxygens (including phenoxy) is 2. The third kappa shape index (κ3) is 4.81. The van der Waals surface area contributed by atoms with Gasteiger partial charge in [0, 0.05) is 5.92 Å². The molecule has 2 amide bonds. The zero-order valence-electron chi connectivity index (χ0n) is 15.2. The van der Waals surface area contributed by atoms with Crippen LogP contribution in [0, 0.1) is 5.92 Å². The van der Waals surface area contributed by atoms with E-state index in [4.69, 9.17) is 9.47 Å². The summed E-state index contributed by atoms with van der Waals surface area (Å²) in [7, 11) is 0. The summed E-state index contributed by atoms with van der Waals surface area (Å²) in [6.45, 7) is 7.10. The van der Waals surface area contributed by atoms with E-state index < -0.39 is 23.7 Å². The molecule has 0 radical (unpaired) electrons. The third-order valence-electron chi connectivity index (χ3n) is 3.99. The summed E-state index contributed by atoms with van der Waals surface area (Å²) >= 11 is 0. The van der Waals surface area contributed by atoms with Gasteiger partial charge in [-0.1, -0.05) is 37.3 Å². The van der Waals surface area contributed by atoms with E-state index in [9.17, 15) is 14.4 Å². The fourth-order valence-corrected chi connectivity index (χ4v) is 2.72. The molecule has 1 aliphatic heterocycles. The standard InChI is InChI=1S/C19H25NO5/c1-5-14-11-15(17(22)24-12-13-9-7-6-8-10-13)20(16(14)21)18(23)25-19(2,3)4/h6-10,14-15H,5,11-12H2,1-4H3/t14-,15-/m0/s1. The average Bonchev–Trinajstić information content (AvgIpc) is 2.88. The lowest BCUT2D eigenvalue weighted by Crippen LogP contribution is -2.46. The molecule has 6 heteroatoms. The number of imide groups is 1. The Balaban J connectivity index is 2.10. The first-order valence-electron chi connectivity index (χ1n) is 8.49. The monoisotopic (exact) mass is 347 g/mol. The van der Waals surface area contributed by atoms with Gasteiger partial charge in [-0.15, -0.1) is 0 Å². The van der Waals surface area contributed by atoms with Crippen LogP contribution in [0.2, 0.25) is 0 Å². The highest BCUT2D eigenvalue weighted by Crippen LogP contribution is 2.30.